The van der Waals surface area contributed by atoms with Crippen molar-refractivity contribution in [1.29, 1.82) is 0 Å². The van der Waals surface area contributed by atoms with E-state index < -0.39 is 12.3 Å². The van der Waals surface area contributed by atoms with Gasteiger partial charge in [0.25, 0.3) is 0 Å². The number of aliphatic hydroxyl groups is 1. The first-order valence-corrected chi connectivity index (χ1v) is 9.40. The minimum Gasteiger partial charge on any atom is -0.389 e. The molecule has 2 fully saturated rings. The summed E-state index contributed by atoms with van der Waals surface area (Å²) in [5.74, 6) is -0.203. The minimum atomic E-state index is -0.795. The van der Waals surface area contributed by atoms with Gasteiger partial charge in [0, 0.05) is 50.4 Å². The number of H-pyrrole nitrogens is 1. The Morgan fingerprint density at radius 1 is 1.19 bits per heavy atom. The van der Waals surface area contributed by atoms with Gasteiger partial charge >= 0.3 is 0 Å². The van der Waals surface area contributed by atoms with Gasteiger partial charge in [-0.3, -0.25) is 14.7 Å². The van der Waals surface area contributed by atoms with Gasteiger partial charge in [0.05, 0.1) is 6.10 Å². The van der Waals surface area contributed by atoms with Crippen molar-refractivity contribution in [2.45, 2.75) is 50.8 Å². The van der Waals surface area contributed by atoms with Crippen LogP contribution in [0.3, 0.4) is 0 Å². The van der Waals surface area contributed by atoms with Crippen LogP contribution < -0.4 is 0 Å². The van der Waals surface area contributed by atoms with Gasteiger partial charge in [-0.15, -0.1) is 0 Å². The first kappa shape index (κ1) is 18.8. The molecule has 1 unspecified atom stereocenters. The molecule has 1 atom stereocenters. The molecule has 0 aromatic carbocycles. The van der Waals surface area contributed by atoms with Gasteiger partial charge in [0.1, 0.15) is 6.17 Å². The summed E-state index contributed by atoms with van der Waals surface area (Å²) >= 11 is 0. The predicted octanol–water partition coefficient (Wildman–Crippen LogP) is 0.902. The van der Waals surface area contributed by atoms with Gasteiger partial charge in [-0.1, -0.05) is 0 Å². The molecule has 2 amide bonds. The maximum absolute atomic E-state index is 13.3. The van der Waals surface area contributed by atoms with Crippen LogP contribution in [0.2, 0.25) is 0 Å². The average Bonchev–Trinajstić information content (AvgIpc) is 3.07. The number of carbonyl (C=O) groups is 2. The van der Waals surface area contributed by atoms with Crippen LogP contribution in [0.1, 0.15) is 37.8 Å². The van der Waals surface area contributed by atoms with Gasteiger partial charge in [-0.25, -0.2) is 4.39 Å². The van der Waals surface area contributed by atoms with Crippen molar-refractivity contribution in [2.75, 3.05) is 26.2 Å². The lowest BCUT2D eigenvalue weighted by molar-refractivity contribution is -0.138. The topological polar surface area (TPSA) is 89.5 Å². The van der Waals surface area contributed by atoms with Crippen LogP contribution >= 0.6 is 0 Å². The van der Waals surface area contributed by atoms with Crippen LogP contribution in [0.15, 0.2) is 12.3 Å². The number of aromatic amines is 1. The average molecular weight is 366 g/mol. The third-order valence-corrected chi connectivity index (χ3v) is 5.34. The Kier molecular flexibility index (Phi) is 6.24. The number of rotatable bonds is 4. The van der Waals surface area contributed by atoms with E-state index in [9.17, 15) is 19.1 Å². The number of amides is 2. The Morgan fingerprint density at radius 3 is 2.58 bits per heavy atom. The van der Waals surface area contributed by atoms with E-state index in [1.54, 1.807) is 16.0 Å². The van der Waals surface area contributed by atoms with Crippen LogP contribution in [0.25, 0.3) is 0 Å². The van der Waals surface area contributed by atoms with Gasteiger partial charge in [0.2, 0.25) is 11.8 Å². The smallest absolute Gasteiger partial charge is 0.225 e. The van der Waals surface area contributed by atoms with E-state index in [2.05, 4.69) is 10.2 Å². The van der Waals surface area contributed by atoms with E-state index in [4.69, 9.17) is 0 Å². The largest absolute Gasteiger partial charge is 0.389 e. The molecule has 3 rings (SSSR count). The second kappa shape index (κ2) is 8.62. The van der Waals surface area contributed by atoms with Crippen LogP contribution in [-0.4, -0.2) is 75.4 Å². The summed E-state index contributed by atoms with van der Waals surface area (Å²) in [6.45, 7) is 1.31. The standard InChI is InChI=1S/C18H27FN4O3/c19-14-3-1-13(2-4-14)18(26)23-10-9-22(11-16(24)12-23)17(25)6-5-15-7-8-20-21-15/h7-8,13-14,16,24H,1-6,9-12H2,(H,20,21). The molecular formula is C18H27FN4O3. The molecule has 0 bridgehead atoms. The molecule has 0 spiro atoms. The van der Waals surface area contributed by atoms with Crippen molar-refractivity contribution < 1.29 is 19.1 Å². The van der Waals surface area contributed by atoms with E-state index in [1.165, 1.54) is 0 Å². The van der Waals surface area contributed by atoms with Crippen molar-refractivity contribution in [3.8, 4) is 0 Å². The SMILES string of the molecule is O=C(CCc1ccn[nH]1)N1CCN(C(=O)C2CCC(F)CC2)CC(O)C1. The molecule has 1 aromatic heterocycles. The zero-order chi connectivity index (χ0) is 18.5. The number of carbonyl (C=O) groups excluding carboxylic acids is 2. The van der Waals surface area contributed by atoms with Crippen molar-refractivity contribution in [2.24, 2.45) is 5.92 Å². The number of nitrogens with one attached hydrogen (secondary N) is 1. The Morgan fingerprint density at radius 2 is 1.88 bits per heavy atom. The fourth-order valence-corrected chi connectivity index (χ4v) is 3.80. The fourth-order valence-electron chi connectivity index (χ4n) is 3.80. The van der Waals surface area contributed by atoms with E-state index in [-0.39, 0.29) is 30.8 Å². The molecule has 1 saturated carbocycles. The lowest BCUT2D eigenvalue weighted by Crippen LogP contribution is -2.42. The Balaban J connectivity index is 1.52. The summed E-state index contributed by atoms with van der Waals surface area (Å²) in [5, 5.41) is 16.9. The van der Waals surface area contributed by atoms with Gasteiger partial charge in [-0.05, 0) is 38.2 Å². The first-order chi connectivity index (χ1) is 12.5. The number of β-amino-alcohol motifs (C(OH)–C–C–N with tert-alkyl or cyclic N) is 1. The van der Waals surface area contributed by atoms with Gasteiger partial charge < -0.3 is 14.9 Å². The van der Waals surface area contributed by atoms with E-state index in [0.717, 1.165) is 5.69 Å². The second-order valence-corrected chi connectivity index (χ2v) is 7.31. The summed E-state index contributed by atoms with van der Waals surface area (Å²) in [6.07, 6.45) is 3.01. The highest BCUT2D eigenvalue weighted by Gasteiger charge is 2.32. The molecule has 2 aliphatic rings. The molecule has 1 aliphatic carbocycles. The highest BCUT2D eigenvalue weighted by Crippen LogP contribution is 2.28. The second-order valence-electron chi connectivity index (χ2n) is 7.31. The highest BCUT2D eigenvalue weighted by atomic mass is 19.1. The van der Waals surface area contributed by atoms with Crippen LogP contribution in [0.4, 0.5) is 4.39 Å². The molecule has 7 nitrogen and oxygen atoms in total. The van der Waals surface area contributed by atoms with Crippen LogP contribution in [-0.2, 0) is 16.0 Å². The van der Waals surface area contributed by atoms with Crippen LogP contribution in [0.5, 0.6) is 0 Å². The number of hydrogen-bond donors (Lipinski definition) is 2. The molecule has 2 heterocycles. The lowest BCUT2D eigenvalue weighted by atomic mass is 9.87. The Hall–Kier alpha value is -1.96. The number of aryl methyl sites for hydroxylation is 1. The maximum Gasteiger partial charge on any atom is 0.225 e. The van der Waals surface area contributed by atoms with E-state index >= 15 is 0 Å². The Bertz CT molecular complexity index is 602. The monoisotopic (exact) mass is 366 g/mol. The zero-order valence-corrected chi connectivity index (χ0v) is 14.9. The molecule has 0 radical (unpaired) electrons. The number of halogens is 1. The minimum absolute atomic E-state index is 0.0114. The molecule has 8 heteroatoms. The number of hydrogen-bond acceptors (Lipinski definition) is 4. The highest BCUT2D eigenvalue weighted by molar-refractivity contribution is 5.79. The third-order valence-electron chi connectivity index (χ3n) is 5.34. The molecule has 2 N–H and O–H groups in total. The fraction of sp³-hybridized carbons (Fsp3) is 0.722. The lowest BCUT2D eigenvalue weighted by Gasteiger charge is -2.30. The summed E-state index contributed by atoms with van der Waals surface area (Å²) in [4.78, 5) is 28.4. The number of nitrogens with zero attached hydrogens (tertiary/aromatic N) is 3. The molecule has 1 aliphatic heterocycles. The summed E-state index contributed by atoms with van der Waals surface area (Å²) in [5.41, 5.74) is 0.897. The number of aliphatic hydroxyl groups excluding tert-OH is 1. The molecular weight excluding hydrogens is 339 g/mol. The predicted molar refractivity (Wildman–Crippen MR) is 92.9 cm³/mol. The summed E-state index contributed by atoms with van der Waals surface area (Å²) < 4.78 is 13.3. The van der Waals surface area contributed by atoms with Crippen molar-refractivity contribution in [3.05, 3.63) is 18.0 Å². The first-order valence-electron chi connectivity index (χ1n) is 9.40. The van der Waals surface area contributed by atoms with E-state index in [0.29, 0.717) is 51.6 Å². The summed E-state index contributed by atoms with van der Waals surface area (Å²) in [7, 11) is 0. The molecule has 1 saturated heterocycles. The van der Waals surface area contributed by atoms with Crippen molar-refractivity contribution in [3.63, 3.8) is 0 Å². The summed E-state index contributed by atoms with van der Waals surface area (Å²) in [6, 6.07) is 1.83. The van der Waals surface area contributed by atoms with Crippen molar-refractivity contribution >= 4 is 11.8 Å². The van der Waals surface area contributed by atoms with Crippen LogP contribution in [0, 0.1) is 5.92 Å². The van der Waals surface area contributed by atoms with Gasteiger partial charge in [0.15, 0.2) is 0 Å². The molecule has 1 aromatic rings. The quantitative estimate of drug-likeness (QED) is 0.829. The maximum atomic E-state index is 13.3. The van der Waals surface area contributed by atoms with E-state index in [1.807, 2.05) is 6.07 Å². The zero-order valence-electron chi connectivity index (χ0n) is 14.9. The van der Waals surface area contributed by atoms with Crippen molar-refractivity contribution in [1.82, 2.24) is 20.0 Å². The third kappa shape index (κ3) is 4.81. The van der Waals surface area contributed by atoms with Gasteiger partial charge in [-0.2, -0.15) is 5.10 Å². The molecule has 26 heavy (non-hydrogen) atoms. The number of alkyl halides is 1. The molecule has 144 valence electrons. The normalized spacial score (nSPS) is 27.2. The number of aromatic nitrogens is 2. The Labute approximate surface area is 152 Å².